The molecular weight excluding hydrogens is 356 g/mol. The zero-order chi connectivity index (χ0) is 19.5. The number of likely N-dealkylation sites (tertiary alicyclic amines) is 2. The van der Waals surface area contributed by atoms with E-state index in [1.54, 1.807) is 29.6 Å². The molecule has 2 aliphatic heterocycles. The van der Waals surface area contributed by atoms with Crippen LogP contribution in [0.4, 0.5) is 0 Å². The molecule has 0 bridgehead atoms. The predicted molar refractivity (Wildman–Crippen MR) is 104 cm³/mol. The molecule has 2 aromatic rings. The van der Waals surface area contributed by atoms with Crippen molar-refractivity contribution in [3.05, 3.63) is 47.9 Å². The van der Waals surface area contributed by atoms with Crippen LogP contribution in [0.1, 0.15) is 41.8 Å². The summed E-state index contributed by atoms with van der Waals surface area (Å²) >= 11 is 0. The van der Waals surface area contributed by atoms with Gasteiger partial charge in [0.1, 0.15) is 5.76 Å². The summed E-state index contributed by atoms with van der Waals surface area (Å²) < 4.78 is 5.84. The number of furan rings is 1. The zero-order valence-electron chi connectivity index (χ0n) is 16.3. The number of hydrogen-bond acceptors (Lipinski definition) is 6. The van der Waals surface area contributed by atoms with Crippen molar-refractivity contribution in [3.8, 4) is 0 Å². The molecule has 4 rings (SSSR count). The van der Waals surface area contributed by atoms with Gasteiger partial charge < -0.3 is 14.4 Å². The van der Waals surface area contributed by atoms with E-state index < -0.39 is 6.10 Å². The lowest BCUT2D eigenvalue weighted by Gasteiger charge is -2.29. The summed E-state index contributed by atoms with van der Waals surface area (Å²) in [6.45, 7) is 6.02. The summed E-state index contributed by atoms with van der Waals surface area (Å²) in [4.78, 5) is 25.2. The van der Waals surface area contributed by atoms with E-state index >= 15 is 0 Å². The van der Waals surface area contributed by atoms with Crippen LogP contribution in [0.2, 0.25) is 0 Å². The highest BCUT2D eigenvalue weighted by atomic mass is 16.4. The third kappa shape index (κ3) is 4.42. The van der Waals surface area contributed by atoms with E-state index in [0.29, 0.717) is 25.3 Å². The van der Waals surface area contributed by atoms with Gasteiger partial charge in [-0.2, -0.15) is 0 Å². The Morgan fingerprint density at radius 2 is 2.07 bits per heavy atom. The van der Waals surface area contributed by atoms with Crippen molar-refractivity contribution in [2.75, 3.05) is 26.2 Å². The van der Waals surface area contributed by atoms with E-state index in [9.17, 15) is 9.90 Å². The van der Waals surface area contributed by atoms with E-state index in [1.165, 1.54) is 12.8 Å². The molecule has 2 fully saturated rings. The van der Waals surface area contributed by atoms with Crippen LogP contribution < -0.4 is 0 Å². The normalized spacial score (nSPS) is 24.0. The molecule has 0 aliphatic carbocycles. The Morgan fingerprint density at radius 1 is 1.25 bits per heavy atom. The fraction of sp³-hybridized carbons (Fsp3) is 0.571. The van der Waals surface area contributed by atoms with Crippen LogP contribution in [0, 0.1) is 11.8 Å². The van der Waals surface area contributed by atoms with Gasteiger partial charge in [0.25, 0.3) is 5.91 Å². The van der Waals surface area contributed by atoms with Crippen molar-refractivity contribution in [2.24, 2.45) is 11.8 Å². The van der Waals surface area contributed by atoms with Gasteiger partial charge >= 0.3 is 0 Å². The van der Waals surface area contributed by atoms with Crippen molar-refractivity contribution in [3.63, 3.8) is 0 Å². The lowest BCUT2D eigenvalue weighted by Crippen LogP contribution is -2.32. The smallest absolute Gasteiger partial charge is 0.289 e. The van der Waals surface area contributed by atoms with Crippen molar-refractivity contribution in [1.29, 1.82) is 0 Å². The molecule has 2 aliphatic rings. The molecule has 28 heavy (non-hydrogen) atoms. The number of aliphatic hydroxyl groups excluding tert-OH is 1. The molecule has 4 heterocycles. The number of aromatic nitrogens is 2. The minimum absolute atomic E-state index is 0.0366. The molecule has 0 saturated carbocycles. The first-order valence-electron chi connectivity index (χ1n) is 10.1. The van der Waals surface area contributed by atoms with Crippen LogP contribution in [0.15, 0.2) is 35.1 Å². The molecule has 0 unspecified atom stereocenters. The van der Waals surface area contributed by atoms with Crippen LogP contribution in [0.25, 0.3) is 0 Å². The second-order valence-electron chi connectivity index (χ2n) is 8.16. The number of carbonyl (C=O) groups excluding carboxylic acids is 1. The second-order valence-corrected chi connectivity index (χ2v) is 8.16. The summed E-state index contributed by atoms with van der Waals surface area (Å²) in [5.41, 5.74) is 0.831. The standard InChI is InChI=1S/C21H28N4O3/c1-15-4-8-24(9-5-15)13-18-2-3-20(28-18)21(27)25-12-16(19(26)14-25)10-17-11-22-6-7-23-17/h2-3,6-7,11,15-16,19,26H,4-5,8-10,12-14H2,1H3/t16-,19-/m1/s1. The number of aliphatic hydroxyl groups is 1. The quantitative estimate of drug-likeness (QED) is 0.849. The summed E-state index contributed by atoms with van der Waals surface area (Å²) in [6.07, 6.45) is 7.45. The molecule has 1 N–H and O–H groups in total. The fourth-order valence-electron chi connectivity index (χ4n) is 4.10. The molecule has 2 saturated heterocycles. The van der Waals surface area contributed by atoms with Gasteiger partial charge in [0.05, 0.1) is 18.3 Å². The maximum atomic E-state index is 12.8. The van der Waals surface area contributed by atoms with Crippen LogP contribution in [0.3, 0.4) is 0 Å². The van der Waals surface area contributed by atoms with Crippen molar-refractivity contribution in [1.82, 2.24) is 19.8 Å². The molecule has 150 valence electrons. The van der Waals surface area contributed by atoms with Crippen LogP contribution in [-0.2, 0) is 13.0 Å². The molecule has 0 aromatic carbocycles. The number of rotatable bonds is 5. The monoisotopic (exact) mass is 384 g/mol. The van der Waals surface area contributed by atoms with E-state index in [0.717, 1.165) is 37.0 Å². The average Bonchev–Trinajstić information content (AvgIpc) is 3.31. The van der Waals surface area contributed by atoms with Gasteiger partial charge in [-0.25, -0.2) is 0 Å². The molecule has 1 amide bonds. The Kier molecular flexibility index (Phi) is 5.73. The zero-order valence-corrected chi connectivity index (χ0v) is 16.3. The molecule has 7 heteroatoms. The van der Waals surface area contributed by atoms with Crippen molar-refractivity contribution in [2.45, 2.75) is 38.8 Å². The topological polar surface area (TPSA) is 82.7 Å². The van der Waals surface area contributed by atoms with E-state index in [1.807, 2.05) is 6.07 Å². The number of nitrogens with zero attached hydrogens (tertiary/aromatic N) is 4. The minimum Gasteiger partial charge on any atom is -0.455 e. The number of β-amino-alcohol motifs (C(OH)–C–C–N with tert-alkyl or cyclic N) is 1. The molecule has 2 atom stereocenters. The lowest BCUT2D eigenvalue weighted by atomic mass is 9.99. The Balaban J connectivity index is 1.34. The van der Waals surface area contributed by atoms with Gasteiger partial charge in [-0.1, -0.05) is 6.92 Å². The van der Waals surface area contributed by atoms with Crippen LogP contribution >= 0.6 is 0 Å². The summed E-state index contributed by atoms with van der Waals surface area (Å²) in [5.74, 6) is 1.78. The SMILES string of the molecule is CC1CCN(Cc2ccc(C(=O)N3C[C@@H](Cc4cnccn4)[C@H](O)C3)o2)CC1. The third-order valence-corrected chi connectivity index (χ3v) is 5.91. The number of carbonyl (C=O) groups is 1. The highest BCUT2D eigenvalue weighted by Gasteiger charge is 2.35. The molecule has 0 radical (unpaired) electrons. The first kappa shape index (κ1) is 19.1. The largest absolute Gasteiger partial charge is 0.455 e. The highest BCUT2D eigenvalue weighted by Crippen LogP contribution is 2.24. The molecule has 0 spiro atoms. The second kappa shape index (κ2) is 8.41. The third-order valence-electron chi connectivity index (χ3n) is 5.91. The summed E-state index contributed by atoms with van der Waals surface area (Å²) in [7, 11) is 0. The lowest BCUT2D eigenvalue weighted by molar-refractivity contribution is 0.0728. The first-order chi connectivity index (χ1) is 13.6. The maximum absolute atomic E-state index is 12.8. The first-order valence-corrected chi connectivity index (χ1v) is 10.1. The van der Waals surface area contributed by atoms with E-state index in [-0.39, 0.29) is 11.8 Å². The molecule has 7 nitrogen and oxygen atoms in total. The van der Waals surface area contributed by atoms with Crippen molar-refractivity contribution >= 4 is 5.91 Å². The van der Waals surface area contributed by atoms with E-state index in [4.69, 9.17) is 4.42 Å². The van der Waals surface area contributed by atoms with Crippen LogP contribution in [0.5, 0.6) is 0 Å². The van der Waals surface area contributed by atoms with Gasteiger partial charge in [-0.15, -0.1) is 0 Å². The predicted octanol–water partition coefficient (Wildman–Crippen LogP) is 1.98. The van der Waals surface area contributed by atoms with Gasteiger partial charge in [0, 0.05) is 37.6 Å². The number of hydrogen-bond donors (Lipinski definition) is 1. The number of amides is 1. The average molecular weight is 384 g/mol. The Morgan fingerprint density at radius 3 is 2.82 bits per heavy atom. The van der Waals surface area contributed by atoms with Gasteiger partial charge in [-0.3, -0.25) is 19.7 Å². The fourth-order valence-corrected chi connectivity index (χ4v) is 4.10. The Hall–Kier alpha value is -2.25. The van der Waals surface area contributed by atoms with Gasteiger partial charge in [0.2, 0.25) is 0 Å². The van der Waals surface area contributed by atoms with Crippen molar-refractivity contribution < 1.29 is 14.3 Å². The summed E-state index contributed by atoms with van der Waals surface area (Å²) in [6, 6.07) is 3.65. The highest BCUT2D eigenvalue weighted by molar-refractivity contribution is 5.91. The molecular formula is C21H28N4O3. The van der Waals surface area contributed by atoms with Gasteiger partial charge in [-0.05, 0) is 50.4 Å². The maximum Gasteiger partial charge on any atom is 0.289 e. The van der Waals surface area contributed by atoms with Gasteiger partial charge in [0.15, 0.2) is 5.76 Å². The number of piperidine rings is 1. The Bertz CT molecular complexity index is 786. The minimum atomic E-state index is -0.560. The molecule has 2 aromatic heterocycles. The summed E-state index contributed by atoms with van der Waals surface area (Å²) in [5, 5.41) is 10.4. The van der Waals surface area contributed by atoms with E-state index in [2.05, 4.69) is 21.8 Å². The Labute approximate surface area is 165 Å². The van der Waals surface area contributed by atoms with Crippen LogP contribution in [-0.4, -0.2) is 63.1 Å².